The maximum Gasteiger partial charge on any atom is 0.160 e. The van der Waals surface area contributed by atoms with Crippen molar-refractivity contribution in [2.75, 3.05) is 0 Å². The Labute approximate surface area is 427 Å². The van der Waals surface area contributed by atoms with Gasteiger partial charge in [-0.3, -0.25) is 0 Å². The van der Waals surface area contributed by atoms with Crippen molar-refractivity contribution in [3.05, 3.63) is 267 Å². The number of aromatic nitrogens is 6. The minimum absolute atomic E-state index is 0.687. The van der Waals surface area contributed by atoms with Crippen LogP contribution in [-0.4, -0.2) is 29.1 Å². The van der Waals surface area contributed by atoms with Gasteiger partial charge in [-0.25, -0.2) is 19.9 Å². The molecule has 10 aromatic carbocycles. The highest BCUT2D eigenvalue weighted by molar-refractivity contribution is 6.17. The fourth-order valence-corrected chi connectivity index (χ4v) is 10.7. The van der Waals surface area contributed by atoms with Crippen LogP contribution in [0.4, 0.5) is 0 Å². The number of para-hydroxylation sites is 2. The lowest BCUT2D eigenvalue weighted by molar-refractivity contribution is 1.16. The summed E-state index contributed by atoms with van der Waals surface area (Å²) >= 11 is 0. The molecule has 4 heterocycles. The second kappa shape index (κ2) is 18.0. The Balaban J connectivity index is 0.843. The summed E-state index contributed by atoms with van der Waals surface area (Å²) in [6.45, 7) is 0. The summed E-state index contributed by atoms with van der Waals surface area (Å²) in [6.07, 6.45) is 0. The minimum atomic E-state index is 0.687. The van der Waals surface area contributed by atoms with Gasteiger partial charge in [0.15, 0.2) is 11.6 Å². The largest absolute Gasteiger partial charge is 0.309 e. The van der Waals surface area contributed by atoms with Crippen LogP contribution in [0.5, 0.6) is 0 Å². The predicted octanol–water partition coefficient (Wildman–Crippen LogP) is 17.1. The van der Waals surface area contributed by atoms with Gasteiger partial charge in [0.1, 0.15) is 0 Å². The maximum absolute atomic E-state index is 5.11. The average molecular weight is 945 g/mol. The van der Waals surface area contributed by atoms with E-state index in [0.717, 1.165) is 95.2 Å². The van der Waals surface area contributed by atoms with Crippen LogP contribution in [-0.2, 0) is 0 Å². The molecule has 0 aliphatic carbocycles. The molecule has 14 rings (SSSR count). The minimum Gasteiger partial charge on any atom is -0.309 e. The molecule has 4 aromatic heterocycles. The first-order chi connectivity index (χ1) is 36.7. The molecule has 0 bridgehead atoms. The van der Waals surface area contributed by atoms with Gasteiger partial charge in [0.05, 0.1) is 44.8 Å². The monoisotopic (exact) mass is 944 g/mol. The number of benzene rings is 10. The molecule has 0 atom stereocenters. The van der Waals surface area contributed by atoms with E-state index in [2.05, 4.69) is 203 Å². The maximum atomic E-state index is 5.11. The molecule has 0 aliphatic heterocycles. The summed E-state index contributed by atoms with van der Waals surface area (Å²) in [7, 11) is 0. The van der Waals surface area contributed by atoms with Crippen LogP contribution in [0, 0.1) is 0 Å². The third-order valence-corrected chi connectivity index (χ3v) is 14.2. The number of hydrogen-bond donors (Lipinski definition) is 0. The molecule has 0 radical (unpaired) electrons. The van der Waals surface area contributed by atoms with Crippen molar-refractivity contribution in [3.8, 4) is 90.3 Å². The number of fused-ring (bicyclic) bond motifs is 6. The molecule has 0 saturated heterocycles. The summed E-state index contributed by atoms with van der Waals surface area (Å²) in [5, 5.41) is 4.80. The first-order valence-corrected chi connectivity index (χ1v) is 25.0. The van der Waals surface area contributed by atoms with Crippen molar-refractivity contribution in [1.82, 2.24) is 29.1 Å². The van der Waals surface area contributed by atoms with Crippen LogP contribution < -0.4 is 0 Å². The summed E-state index contributed by atoms with van der Waals surface area (Å²) in [4.78, 5) is 20.4. The van der Waals surface area contributed by atoms with Gasteiger partial charge in [0.25, 0.3) is 0 Å². The Morgan fingerprint density at radius 3 is 1.07 bits per heavy atom. The highest BCUT2D eigenvalue weighted by Crippen LogP contribution is 2.42. The Morgan fingerprint density at radius 1 is 0.230 bits per heavy atom. The van der Waals surface area contributed by atoms with Crippen LogP contribution in [0.25, 0.3) is 134 Å². The van der Waals surface area contributed by atoms with Crippen LogP contribution in [0.15, 0.2) is 267 Å². The third-order valence-electron chi connectivity index (χ3n) is 14.2. The molecular weight excluding hydrogens is 901 g/mol. The van der Waals surface area contributed by atoms with Crippen molar-refractivity contribution >= 4 is 43.6 Å². The molecule has 0 spiro atoms. The average Bonchev–Trinajstić information content (AvgIpc) is 4.02. The van der Waals surface area contributed by atoms with Crippen LogP contribution in [0.3, 0.4) is 0 Å². The fraction of sp³-hybridized carbons (Fsp3) is 0. The van der Waals surface area contributed by atoms with E-state index in [1.165, 1.54) is 27.1 Å². The van der Waals surface area contributed by atoms with Crippen molar-refractivity contribution < 1.29 is 0 Å². The molecule has 346 valence electrons. The van der Waals surface area contributed by atoms with E-state index in [1.807, 2.05) is 72.8 Å². The van der Waals surface area contributed by atoms with Crippen molar-refractivity contribution in [2.24, 2.45) is 0 Å². The van der Waals surface area contributed by atoms with Crippen molar-refractivity contribution in [2.45, 2.75) is 0 Å². The van der Waals surface area contributed by atoms with Gasteiger partial charge in [0.2, 0.25) is 0 Å². The Bertz CT molecular complexity index is 4260. The highest BCUT2D eigenvalue weighted by Gasteiger charge is 2.20. The second-order valence-electron chi connectivity index (χ2n) is 18.6. The standard InChI is InChI=1S/C68H44N6/c1-5-18-45(19-6-1)58-43-59(46-20-7-2-8-21-46)70-67(69-58)49-32-37-52(38-33-49)73-62-29-15-13-26-55(62)57-42-51(36-41-64(57)73)54-28-17-31-65-66(54)56-27-14-16-30-63(56)74(65)53-39-34-50(35-40-53)68-71-60(47-22-9-3-10-23-47)44-61(72-68)48-24-11-4-12-25-48/h1-44H. The first kappa shape index (κ1) is 42.8. The lowest BCUT2D eigenvalue weighted by Gasteiger charge is -2.12. The van der Waals surface area contributed by atoms with E-state index in [1.54, 1.807) is 0 Å². The molecule has 0 aliphatic rings. The van der Waals surface area contributed by atoms with Gasteiger partial charge < -0.3 is 9.13 Å². The lowest BCUT2D eigenvalue weighted by Crippen LogP contribution is -1.97. The quantitative estimate of drug-likeness (QED) is 0.145. The van der Waals surface area contributed by atoms with Gasteiger partial charge in [-0.1, -0.05) is 176 Å². The van der Waals surface area contributed by atoms with Gasteiger partial charge >= 0.3 is 0 Å². The Hall–Kier alpha value is -10.0. The van der Waals surface area contributed by atoms with Gasteiger partial charge in [0, 0.05) is 66.3 Å². The van der Waals surface area contributed by atoms with Crippen molar-refractivity contribution in [1.29, 1.82) is 0 Å². The second-order valence-corrected chi connectivity index (χ2v) is 18.6. The lowest BCUT2D eigenvalue weighted by atomic mass is 9.98. The van der Waals surface area contributed by atoms with E-state index >= 15 is 0 Å². The SMILES string of the molecule is c1ccc(-c2cc(-c3ccccc3)nc(-c3ccc(-n4c5ccccc5c5cc(-c6cccc7c6c6ccccc6n7-c6ccc(-c7nc(-c8ccccc8)cc(-c8ccccc8)n7)cc6)ccc54)cc3)n2)cc1. The molecule has 0 unspecified atom stereocenters. The number of nitrogens with zero attached hydrogens (tertiary/aromatic N) is 6. The topological polar surface area (TPSA) is 61.4 Å². The molecule has 0 fully saturated rings. The molecular formula is C68H44N6. The first-order valence-electron chi connectivity index (χ1n) is 25.0. The number of rotatable bonds is 9. The molecule has 0 amide bonds. The third kappa shape index (κ3) is 7.52. The van der Waals surface area contributed by atoms with E-state index in [0.29, 0.717) is 11.6 Å². The zero-order chi connectivity index (χ0) is 49.0. The Kier molecular flexibility index (Phi) is 10.4. The van der Waals surface area contributed by atoms with Crippen LogP contribution >= 0.6 is 0 Å². The van der Waals surface area contributed by atoms with Gasteiger partial charge in [-0.05, 0) is 102 Å². The summed E-state index contributed by atoms with van der Waals surface area (Å²) in [5.41, 5.74) is 18.7. The molecule has 0 N–H and O–H groups in total. The van der Waals surface area contributed by atoms with E-state index < -0.39 is 0 Å². The molecule has 6 nitrogen and oxygen atoms in total. The summed E-state index contributed by atoms with van der Waals surface area (Å²) < 4.78 is 4.75. The van der Waals surface area contributed by atoms with Crippen LogP contribution in [0.1, 0.15) is 0 Å². The van der Waals surface area contributed by atoms with E-state index in [9.17, 15) is 0 Å². The van der Waals surface area contributed by atoms with Gasteiger partial charge in [-0.2, -0.15) is 0 Å². The zero-order valence-electron chi connectivity index (χ0n) is 40.1. The zero-order valence-corrected chi connectivity index (χ0v) is 40.1. The smallest absolute Gasteiger partial charge is 0.160 e. The summed E-state index contributed by atoms with van der Waals surface area (Å²) in [5.74, 6) is 1.38. The van der Waals surface area contributed by atoms with E-state index in [4.69, 9.17) is 19.9 Å². The number of hydrogen-bond acceptors (Lipinski definition) is 4. The Morgan fingerprint density at radius 2 is 0.595 bits per heavy atom. The molecule has 0 saturated carbocycles. The van der Waals surface area contributed by atoms with E-state index in [-0.39, 0.29) is 0 Å². The predicted molar refractivity (Wildman–Crippen MR) is 304 cm³/mol. The van der Waals surface area contributed by atoms with Crippen LogP contribution in [0.2, 0.25) is 0 Å². The fourth-order valence-electron chi connectivity index (χ4n) is 10.7. The molecule has 74 heavy (non-hydrogen) atoms. The normalized spacial score (nSPS) is 11.5. The highest BCUT2D eigenvalue weighted by atomic mass is 15.0. The summed E-state index contributed by atoms with van der Waals surface area (Å²) in [6, 6.07) is 93.9. The molecule has 6 heteroatoms. The van der Waals surface area contributed by atoms with Crippen molar-refractivity contribution in [3.63, 3.8) is 0 Å². The van der Waals surface area contributed by atoms with Gasteiger partial charge in [-0.15, -0.1) is 0 Å². The molecule has 14 aromatic rings.